The van der Waals surface area contributed by atoms with E-state index in [1.165, 1.54) is 0 Å². The fourth-order valence-electron chi connectivity index (χ4n) is 3.47. The van der Waals surface area contributed by atoms with Crippen molar-refractivity contribution in [3.05, 3.63) is 89.7 Å². The number of para-hydroxylation sites is 2. The first kappa shape index (κ1) is 21.2. The summed E-state index contributed by atoms with van der Waals surface area (Å²) in [6.45, 7) is 2.74. The van der Waals surface area contributed by atoms with Crippen LogP contribution in [0.1, 0.15) is 23.0 Å². The molecule has 1 aromatic heterocycles. The number of rotatable bonds is 8. The number of nitrogens with one attached hydrogen (secondary N) is 3. The lowest BCUT2D eigenvalue weighted by atomic mass is 10.1. The number of fused-ring (bicyclic) bond motifs is 1. The van der Waals surface area contributed by atoms with Crippen LogP contribution in [-0.2, 0) is 6.42 Å². The summed E-state index contributed by atoms with van der Waals surface area (Å²) in [6.07, 6.45) is 0.521. The second-order valence-corrected chi connectivity index (χ2v) is 7.63. The number of ether oxygens (including phenoxy) is 1. The van der Waals surface area contributed by atoms with Crippen LogP contribution >= 0.6 is 0 Å². The summed E-state index contributed by atoms with van der Waals surface area (Å²) in [6, 6.07) is 21.8. The third kappa shape index (κ3) is 5.57. The van der Waals surface area contributed by atoms with Gasteiger partial charge in [0.05, 0.1) is 23.6 Å². The molecule has 0 saturated heterocycles. The molecular weight excluding hydrogens is 404 g/mol. The molecule has 1 unspecified atom stereocenters. The second kappa shape index (κ2) is 9.87. The van der Waals surface area contributed by atoms with Crippen LogP contribution in [0.3, 0.4) is 0 Å². The Morgan fingerprint density at radius 2 is 1.91 bits per heavy atom. The highest BCUT2D eigenvalue weighted by atomic mass is 16.5. The zero-order valence-corrected chi connectivity index (χ0v) is 17.8. The van der Waals surface area contributed by atoms with E-state index in [0.29, 0.717) is 25.4 Å². The number of hydrogen-bond acceptors (Lipinski definition) is 4. The lowest BCUT2D eigenvalue weighted by Crippen LogP contribution is -2.40. The number of aromatic nitrogens is 2. The summed E-state index contributed by atoms with van der Waals surface area (Å²) >= 11 is 0. The Balaban J connectivity index is 1.39. The highest BCUT2D eigenvalue weighted by molar-refractivity contribution is 5.76. The van der Waals surface area contributed by atoms with E-state index in [2.05, 4.69) is 20.6 Å². The normalized spacial score (nSPS) is 11.8. The molecule has 0 radical (unpaired) electrons. The van der Waals surface area contributed by atoms with E-state index >= 15 is 0 Å². The van der Waals surface area contributed by atoms with E-state index in [4.69, 9.17) is 4.74 Å². The summed E-state index contributed by atoms with van der Waals surface area (Å²) in [4.78, 5) is 20.5. The molecule has 1 atom stereocenters. The molecule has 0 aliphatic carbocycles. The number of aromatic amines is 1. The van der Waals surface area contributed by atoms with Crippen molar-refractivity contribution in [2.24, 2.45) is 0 Å². The van der Waals surface area contributed by atoms with E-state index in [0.717, 1.165) is 27.9 Å². The highest BCUT2D eigenvalue weighted by Gasteiger charge is 2.19. The van der Waals surface area contributed by atoms with Crippen molar-refractivity contribution >= 4 is 17.1 Å². The van der Waals surface area contributed by atoms with E-state index in [9.17, 15) is 9.90 Å². The topological polar surface area (TPSA) is 99.3 Å². The number of hydrogen-bond donors (Lipinski definition) is 4. The van der Waals surface area contributed by atoms with E-state index in [1.807, 2.05) is 67.6 Å². The summed E-state index contributed by atoms with van der Waals surface area (Å²) in [5.41, 5.74) is 3.84. The number of urea groups is 1. The first-order chi connectivity index (χ1) is 15.6. The molecule has 2 amide bonds. The molecule has 4 aromatic rings. The summed E-state index contributed by atoms with van der Waals surface area (Å²) in [5, 5.41) is 15.4. The minimum absolute atomic E-state index is 0.202. The summed E-state index contributed by atoms with van der Waals surface area (Å²) in [5.74, 6) is 1.65. The van der Waals surface area contributed by atoms with Gasteiger partial charge < -0.3 is 25.5 Å². The van der Waals surface area contributed by atoms with Gasteiger partial charge in [0.25, 0.3) is 0 Å². The number of nitrogens with zero attached hydrogens (tertiary/aromatic N) is 1. The number of carbonyl (C=O) groups is 1. The van der Waals surface area contributed by atoms with Crippen LogP contribution in [0.15, 0.2) is 72.8 Å². The smallest absolute Gasteiger partial charge is 0.315 e. The van der Waals surface area contributed by atoms with Gasteiger partial charge in [0.2, 0.25) is 0 Å². The number of phenols is 1. The minimum atomic E-state index is -0.371. The largest absolute Gasteiger partial charge is 0.508 e. The molecule has 0 fully saturated rings. The van der Waals surface area contributed by atoms with Crippen molar-refractivity contribution in [1.29, 1.82) is 0 Å². The molecule has 0 bridgehead atoms. The van der Waals surface area contributed by atoms with Crippen LogP contribution < -0.4 is 15.4 Å². The van der Waals surface area contributed by atoms with E-state index in [1.54, 1.807) is 12.1 Å². The third-order valence-electron chi connectivity index (χ3n) is 5.07. The number of aryl methyl sites for hydroxylation is 1. The van der Waals surface area contributed by atoms with Gasteiger partial charge in [-0.3, -0.25) is 0 Å². The van der Waals surface area contributed by atoms with Crippen LogP contribution in [0.2, 0.25) is 0 Å². The maximum atomic E-state index is 12.6. The molecule has 3 aromatic carbocycles. The molecule has 0 saturated carbocycles. The Morgan fingerprint density at radius 1 is 1.09 bits per heavy atom. The van der Waals surface area contributed by atoms with Gasteiger partial charge in [-0.15, -0.1) is 0 Å². The Hall–Kier alpha value is -4.00. The first-order valence-corrected chi connectivity index (χ1v) is 10.5. The fourth-order valence-corrected chi connectivity index (χ4v) is 3.47. The van der Waals surface area contributed by atoms with Gasteiger partial charge in [-0.05, 0) is 60.9 Å². The predicted octanol–water partition coefficient (Wildman–Crippen LogP) is 4.24. The van der Waals surface area contributed by atoms with Gasteiger partial charge in [0.1, 0.15) is 23.9 Å². The van der Waals surface area contributed by atoms with Crippen molar-refractivity contribution < 1.29 is 14.6 Å². The van der Waals surface area contributed by atoms with Crippen LogP contribution in [0, 0.1) is 6.92 Å². The molecule has 1 heterocycles. The number of aromatic hydroxyl groups is 1. The molecule has 0 spiro atoms. The van der Waals surface area contributed by atoms with Crippen molar-refractivity contribution in [2.45, 2.75) is 19.4 Å². The maximum absolute atomic E-state index is 12.6. The Kier molecular flexibility index (Phi) is 6.55. The van der Waals surface area contributed by atoms with Crippen LogP contribution in [0.25, 0.3) is 11.0 Å². The second-order valence-electron chi connectivity index (χ2n) is 7.63. The predicted molar refractivity (Wildman–Crippen MR) is 124 cm³/mol. The highest BCUT2D eigenvalue weighted by Crippen LogP contribution is 2.21. The average Bonchev–Trinajstić information content (AvgIpc) is 3.22. The number of carbonyl (C=O) groups excluding carboxylic acids is 1. The van der Waals surface area contributed by atoms with Crippen LogP contribution in [0.4, 0.5) is 4.79 Å². The molecule has 4 rings (SSSR count). The number of phenolic OH excluding ortho intramolecular Hbond substituents is 1. The first-order valence-electron chi connectivity index (χ1n) is 10.5. The molecule has 0 aliphatic heterocycles. The molecule has 7 nitrogen and oxygen atoms in total. The van der Waals surface area contributed by atoms with Crippen LogP contribution in [0.5, 0.6) is 11.5 Å². The van der Waals surface area contributed by atoms with Gasteiger partial charge in [-0.1, -0.05) is 36.4 Å². The van der Waals surface area contributed by atoms with Gasteiger partial charge in [0, 0.05) is 0 Å². The molecule has 32 heavy (non-hydrogen) atoms. The Morgan fingerprint density at radius 3 is 2.69 bits per heavy atom. The van der Waals surface area contributed by atoms with Gasteiger partial charge in [-0.25, -0.2) is 9.78 Å². The Bertz CT molecular complexity index is 1150. The van der Waals surface area contributed by atoms with Crippen LogP contribution in [-0.4, -0.2) is 34.3 Å². The van der Waals surface area contributed by atoms with E-state index < -0.39 is 0 Å². The molecule has 164 valence electrons. The average molecular weight is 431 g/mol. The third-order valence-corrected chi connectivity index (χ3v) is 5.07. The van der Waals surface area contributed by atoms with Gasteiger partial charge in [0.15, 0.2) is 0 Å². The quantitative estimate of drug-likeness (QED) is 0.314. The number of amides is 2. The molecular formula is C25H26N4O3. The zero-order valence-electron chi connectivity index (χ0n) is 17.8. The summed E-state index contributed by atoms with van der Waals surface area (Å²) in [7, 11) is 0. The zero-order chi connectivity index (χ0) is 22.3. The number of H-pyrrole nitrogens is 1. The fraction of sp³-hybridized carbons (Fsp3) is 0.200. The summed E-state index contributed by atoms with van der Waals surface area (Å²) < 4.78 is 5.69. The number of imidazole rings is 1. The molecule has 7 heteroatoms. The van der Waals surface area contributed by atoms with Crippen molar-refractivity contribution in [3.63, 3.8) is 0 Å². The Labute approximate surface area is 186 Å². The lowest BCUT2D eigenvalue weighted by molar-refractivity contribution is 0.232. The SMILES string of the molecule is Cc1cccc(OCCNC(=O)NC(Cc2ccc(O)cc2)c2nc3ccccc3[nH]2)c1. The van der Waals surface area contributed by atoms with Gasteiger partial charge in [-0.2, -0.15) is 0 Å². The standard InChI is InChI=1S/C25H26N4O3/c1-17-5-4-6-20(15-17)32-14-13-26-25(31)29-23(16-18-9-11-19(30)12-10-18)24-27-21-7-2-3-8-22(21)28-24/h2-12,15,23,30H,13-14,16H2,1H3,(H,27,28)(H2,26,29,31). The lowest BCUT2D eigenvalue weighted by Gasteiger charge is -2.18. The maximum Gasteiger partial charge on any atom is 0.315 e. The van der Waals surface area contributed by atoms with E-state index in [-0.39, 0.29) is 17.8 Å². The molecule has 4 N–H and O–H groups in total. The van der Waals surface area contributed by atoms with Crippen molar-refractivity contribution in [2.75, 3.05) is 13.2 Å². The monoisotopic (exact) mass is 430 g/mol. The minimum Gasteiger partial charge on any atom is -0.508 e. The van der Waals surface area contributed by atoms with Crippen molar-refractivity contribution in [1.82, 2.24) is 20.6 Å². The van der Waals surface area contributed by atoms with Crippen molar-refractivity contribution in [3.8, 4) is 11.5 Å². The molecule has 0 aliphatic rings. The number of benzene rings is 3. The van der Waals surface area contributed by atoms with Gasteiger partial charge >= 0.3 is 6.03 Å².